The van der Waals surface area contributed by atoms with Gasteiger partial charge in [-0.05, 0) is 0 Å². The molecule has 0 amide bonds. The van der Waals surface area contributed by atoms with Gasteiger partial charge in [0.05, 0.1) is 0 Å². The molecular weight excluding hydrogens is 200 g/mol. The van der Waals surface area contributed by atoms with Crippen LogP contribution >= 0.6 is 0 Å². The standard InChI is InChI=1S/C8H12N4OS/c9-7-8(11-2-1-10-7)12-3-5-14(13)6-4-12/h1-2H,3-6H2,(H2,9,10). The molecule has 5 nitrogen and oxygen atoms in total. The highest BCUT2D eigenvalue weighted by Gasteiger charge is 2.18. The second-order valence-electron chi connectivity index (χ2n) is 3.10. The van der Waals surface area contributed by atoms with Crippen molar-refractivity contribution in [2.24, 2.45) is 0 Å². The van der Waals surface area contributed by atoms with Crippen molar-refractivity contribution in [2.45, 2.75) is 0 Å². The molecule has 76 valence electrons. The van der Waals surface area contributed by atoms with E-state index in [9.17, 15) is 4.21 Å². The van der Waals surface area contributed by atoms with Gasteiger partial charge in [-0.1, -0.05) is 0 Å². The van der Waals surface area contributed by atoms with E-state index in [1.807, 2.05) is 4.90 Å². The van der Waals surface area contributed by atoms with Crippen molar-refractivity contribution < 1.29 is 4.21 Å². The minimum atomic E-state index is -0.672. The first-order chi connectivity index (χ1) is 6.77. The maximum absolute atomic E-state index is 11.1. The molecular formula is C8H12N4OS. The van der Waals surface area contributed by atoms with E-state index < -0.39 is 10.8 Å². The number of rotatable bonds is 1. The third-order valence-corrected chi connectivity index (χ3v) is 3.46. The van der Waals surface area contributed by atoms with E-state index in [4.69, 9.17) is 5.73 Å². The molecule has 14 heavy (non-hydrogen) atoms. The van der Waals surface area contributed by atoms with Gasteiger partial charge in [0, 0.05) is 47.8 Å². The highest BCUT2D eigenvalue weighted by atomic mass is 32.2. The molecule has 1 aliphatic heterocycles. The van der Waals surface area contributed by atoms with E-state index >= 15 is 0 Å². The zero-order chi connectivity index (χ0) is 9.97. The summed E-state index contributed by atoms with van der Waals surface area (Å²) in [4.78, 5) is 10.2. The Kier molecular flexibility index (Phi) is 2.62. The Morgan fingerprint density at radius 3 is 2.57 bits per heavy atom. The molecule has 0 spiro atoms. The van der Waals surface area contributed by atoms with E-state index in [-0.39, 0.29) is 0 Å². The minimum Gasteiger partial charge on any atom is -0.381 e. The van der Waals surface area contributed by atoms with Crippen LogP contribution in [0.4, 0.5) is 11.6 Å². The van der Waals surface area contributed by atoms with Gasteiger partial charge in [0.15, 0.2) is 11.6 Å². The average Bonchev–Trinajstić information content (AvgIpc) is 2.20. The van der Waals surface area contributed by atoms with Crippen molar-refractivity contribution in [3.8, 4) is 0 Å². The number of hydrogen-bond acceptors (Lipinski definition) is 5. The molecule has 0 bridgehead atoms. The summed E-state index contributed by atoms with van der Waals surface area (Å²) < 4.78 is 11.1. The number of nitrogens with zero attached hydrogens (tertiary/aromatic N) is 3. The van der Waals surface area contributed by atoms with E-state index in [2.05, 4.69) is 9.97 Å². The van der Waals surface area contributed by atoms with Gasteiger partial charge in [-0.15, -0.1) is 0 Å². The van der Waals surface area contributed by atoms with E-state index in [0.717, 1.165) is 13.1 Å². The van der Waals surface area contributed by atoms with E-state index in [0.29, 0.717) is 23.1 Å². The van der Waals surface area contributed by atoms with Gasteiger partial charge in [-0.25, -0.2) is 9.97 Å². The zero-order valence-electron chi connectivity index (χ0n) is 7.72. The van der Waals surface area contributed by atoms with Crippen molar-refractivity contribution in [2.75, 3.05) is 35.2 Å². The molecule has 0 radical (unpaired) electrons. The lowest BCUT2D eigenvalue weighted by Crippen LogP contribution is -2.38. The molecule has 1 aromatic heterocycles. The Morgan fingerprint density at radius 2 is 1.93 bits per heavy atom. The minimum absolute atomic E-state index is 0.445. The van der Waals surface area contributed by atoms with Crippen LogP contribution in [-0.2, 0) is 10.8 Å². The van der Waals surface area contributed by atoms with Crippen molar-refractivity contribution in [1.29, 1.82) is 0 Å². The first-order valence-corrected chi connectivity index (χ1v) is 5.92. The summed E-state index contributed by atoms with van der Waals surface area (Å²) in [6.45, 7) is 1.49. The summed E-state index contributed by atoms with van der Waals surface area (Å²) in [7, 11) is -0.672. The molecule has 0 unspecified atom stereocenters. The van der Waals surface area contributed by atoms with Crippen molar-refractivity contribution in [3.05, 3.63) is 12.4 Å². The Balaban J connectivity index is 2.16. The number of nitrogens with two attached hydrogens (primary N) is 1. The zero-order valence-corrected chi connectivity index (χ0v) is 8.54. The van der Waals surface area contributed by atoms with Crippen molar-refractivity contribution in [3.63, 3.8) is 0 Å². The maximum Gasteiger partial charge on any atom is 0.171 e. The van der Waals surface area contributed by atoms with Crippen LogP contribution in [0.1, 0.15) is 0 Å². The first-order valence-electron chi connectivity index (χ1n) is 4.44. The first kappa shape index (κ1) is 9.39. The highest BCUT2D eigenvalue weighted by molar-refractivity contribution is 7.85. The Bertz CT molecular complexity index is 347. The molecule has 0 aromatic carbocycles. The predicted octanol–water partition coefficient (Wildman–Crippen LogP) is -0.373. The van der Waals surface area contributed by atoms with Gasteiger partial charge in [-0.2, -0.15) is 0 Å². The van der Waals surface area contributed by atoms with Crippen LogP contribution in [-0.4, -0.2) is 38.8 Å². The summed E-state index contributed by atoms with van der Waals surface area (Å²) in [5.74, 6) is 2.54. The summed E-state index contributed by atoms with van der Waals surface area (Å²) in [5.41, 5.74) is 5.69. The monoisotopic (exact) mass is 212 g/mol. The fourth-order valence-corrected chi connectivity index (χ4v) is 2.49. The molecule has 0 saturated carbocycles. The van der Waals surface area contributed by atoms with Gasteiger partial charge in [0.1, 0.15) is 0 Å². The Morgan fingerprint density at radius 1 is 1.29 bits per heavy atom. The molecule has 0 atom stereocenters. The molecule has 2 rings (SSSR count). The lowest BCUT2D eigenvalue weighted by Gasteiger charge is -2.27. The fraction of sp³-hybridized carbons (Fsp3) is 0.500. The van der Waals surface area contributed by atoms with Gasteiger partial charge in [0.25, 0.3) is 0 Å². The van der Waals surface area contributed by atoms with Crippen molar-refractivity contribution >= 4 is 22.4 Å². The summed E-state index contributed by atoms with van der Waals surface area (Å²) >= 11 is 0. The van der Waals surface area contributed by atoms with Gasteiger partial charge in [-0.3, -0.25) is 4.21 Å². The number of anilines is 2. The Hall–Kier alpha value is -1.17. The molecule has 1 aromatic rings. The average molecular weight is 212 g/mol. The van der Waals surface area contributed by atoms with Crippen molar-refractivity contribution in [1.82, 2.24) is 9.97 Å². The van der Waals surface area contributed by atoms with E-state index in [1.165, 1.54) is 0 Å². The van der Waals surface area contributed by atoms with Gasteiger partial charge >= 0.3 is 0 Å². The third-order valence-electron chi connectivity index (χ3n) is 2.18. The second kappa shape index (κ2) is 3.91. The largest absolute Gasteiger partial charge is 0.381 e. The van der Waals surface area contributed by atoms with Crippen LogP contribution in [0.2, 0.25) is 0 Å². The molecule has 2 heterocycles. The van der Waals surface area contributed by atoms with Crippen LogP contribution in [0.5, 0.6) is 0 Å². The molecule has 2 N–H and O–H groups in total. The molecule has 6 heteroatoms. The third kappa shape index (κ3) is 1.84. The van der Waals surface area contributed by atoms with Crippen LogP contribution in [0, 0.1) is 0 Å². The van der Waals surface area contributed by atoms with Crippen LogP contribution in [0.25, 0.3) is 0 Å². The number of aromatic nitrogens is 2. The maximum atomic E-state index is 11.1. The SMILES string of the molecule is Nc1nccnc1N1CCS(=O)CC1. The molecule has 1 saturated heterocycles. The second-order valence-corrected chi connectivity index (χ2v) is 4.80. The summed E-state index contributed by atoms with van der Waals surface area (Å²) in [6, 6.07) is 0. The van der Waals surface area contributed by atoms with E-state index in [1.54, 1.807) is 12.4 Å². The smallest absolute Gasteiger partial charge is 0.171 e. The normalized spacial score (nSPS) is 18.4. The van der Waals surface area contributed by atoms with Gasteiger partial charge in [0.2, 0.25) is 0 Å². The lowest BCUT2D eigenvalue weighted by molar-refractivity contribution is 0.672. The van der Waals surface area contributed by atoms with Crippen LogP contribution in [0.15, 0.2) is 12.4 Å². The quantitative estimate of drug-likeness (QED) is 0.687. The highest BCUT2D eigenvalue weighted by Crippen LogP contribution is 2.17. The molecule has 0 aliphatic carbocycles. The van der Waals surface area contributed by atoms with Gasteiger partial charge < -0.3 is 10.6 Å². The fourth-order valence-electron chi connectivity index (χ4n) is 1.43. The van der Waals surface area contributed by atoms with Crippen LogP contribution in [0.3, 0.4) is 0 Å². The topological polar surface area (TPSA) is 72.1 Å². The molecule has 1 fully saturated rings. The number of hydrogen-bond donors (Lipinski definition) is 1. The number of nitrogen functional groups attached to an aromatic ring is 1. The van der Waals surface area contributed by atoms with Crippen LogP contribution < -0.4 is 10.6 Å². The molecule has 1 aliphatic rings. The predicted molar refractivity (Wildman–Crippen MR) is 56.5 cm³/mol. The lowest BCUT2D eigenvalue weighted by atomic mass is 10.4. The Labute approximate surface area is 84.8 Å². The summed E-state index contributed by atoms with van der Waals surface area (Å²) in [6.07, 6.45) is 3.19. The summed E-state index contributed by atoms with van der Waals surface area (Å²) in [5, 5.41) is 0.